The van der Waals surface area contributed by atoms with Crippen LogP contribution in [0.25, 0.3) is 10.9 Å². The summed E-state index contributed by atoms with van der Waals surface area (Å²) in [6.45, 7) is -1.92. The molecule has 29 heavy (non-hydrogen) atoms. The van der Waals surface area contributed by atoms with Crippen LogP contribution in [0.3, 0.4) is 0 Å². The van der Waals surface area contributed by atoms with E-state index in [-0.39, 0.29) is 24.6 Å². The lowest BCUT2D eigenvalue weighted by Crippen LogP contribution is -2.44. The fraction of sp³-hybridized carbons (Fsp3) is 0.294. The first-order valence-corrected chi connectivity index (χ1v) is 8.71. The van der Waals surface area contributed by atoms with Crippen LogP contribution in [-0.2, 0) is 0 Å². The van der Waals surface area contributed by atoms with Gasteiger partial charge in [0.15, 0.2) is 0 Å². The summed E-state index contributed by atoms with van der Waals surface area (Å²) < 4.78 is 33.2. The van der Waals surface area contributed by atoms with E-state index < -0.39 is 31.0 Å². The number of halogens is 2. The van der Waals surface area contributed by atoms with Gasteiger partial charge < -0.3 is 25.8 Å². The molecule has 0 unspecified atom stereocenters. The predicted molar refractivity (Wildman–Crippen MR) is 98.5 cm³/mol. The molecule has 0 atom stereocenters. The summed E-state index contributed by atoms with van der Waals surface area (Å²) >= 11 is 0. The Morgan fingerprint density at radius 1 is 1.17 bits per heavy atom. The zero-order valence-electron chi connectivity index (χ0n) is 15.1. The van der Waals surface area contributed by atoms with Crippen LogP contribution in [0, 0.1) is 0 Å². The van der Waals surface area contributed by atoms with Crippen molar-refractivity contribution in [2.75, 3.05) is 37.2 Å². The molecule has 152 valence electrons. The zero-order valence-corrected chi connectivity index (χ0v) is 15.1. The average Bonchev–Trinajstić information content (AvgIpc) is 3.27. The minimum absolute atomic E-state index is 0.0925. The van der Waals surface area contributed by atoms with Gasteiger partial charge in [-0.1, -0.05) is 0 Å². The van der Waals surface area contributed by atoms with Gasteiger partial charge in [-0.05, 0) is 34.6 Å². The molecular formula is C17H17F2N7O3. The van der Waals surface area contributed by atoms with Gasteiger partial charge >= 0.3 is 6.03 Å². The van der Waals surface area contributed by atoms with Gasteiger partial charge in [-0.25, -0.2) is 18.2 Å². The lowest BCUT2D eigenvalue weighted by molar-refractivity contribution is -0.0283. The smallest absolute Gasteiger partial charge is 0.322 e. The Morgan fingerprint density at radius 2 is 1.93 bits per heavy atom. The summed E-state index contributed by atoms with van der Waals surface area (Å²) in [5.74, 6) is -4.43. The van der Waals surface area contributed by atoms with Crippen molar-refractivity contribution in [2.45, 2.75) is 5.92 Å². The molecule has 1 aromatic carbocycles. The van der Waals surface area contributed by atoms with E-state index in [1.54, 1.807) is 24.4 Å². The summed E-state index contributed by atoms with van der Waals surface area (Å²) in [5.41, 5.74) is 6.50. The molecule has 4 N–H and O–H groups in total. The SMILES string of the molecule is Nc1nonc1C(=O)N1CCN(C(=O)Nc2ccc3[nH]ccc3c2)CC(F)(F)C1. The second-order valence-electron chi connectivity index (χ2n) is 6.71. The molecule has 0 bridgehead atoms. The third-order valence-electron chi connectivity index (χ3n) is 4.58. The average molecular weight is 405 g/mol. The molecule has 3 heterocycles. The molecule has 0 saturated carbocycles. The molecule has 2 aromatic heterocycles. The highest BCUT2D eigenvalue weighted by molar-refractivity contribution is 5.96. The van der Waals surface area contributed by atoms with Crippen molar-refractivity contribution in [3.63, 3.8) is 0 Å². The van der Waals surface area contributed by atoms with E-state index in [2.05, 4.69) is 25.2 Å². The van der Waals surface area contributed by atoms with Crippen molar-refractivity contribution >= 4 is 34.3 Å². The van der Waals surface area contributed by atoms with E-state index in [0.717, 1.165) is 20.7 Å². The highest BCUT2D eigenvalue weighted by Gasteiger charge is 2.41. The Labute approximate surface area is 162 Å². The van der Waals surface area contributed by atoms with Crippen molar-refractivity contribution in [3.05, 3.63) is 36.2 Å². The molecule has 0 aliphatic carbocycles. The molecule has 4 rings (SSSR count). The van der Waals surface area contributed by atoms with E-state index in [1.807, 2.05) is 6.07 Å². The number of alkyl halides is 2. The molecule has 10 nitrogen and oxygen atoms in total. The maximum atomic E-state index is 14.4. The number of nitrogen functional groups attached to an aromatic ring is 1. The maximum absolute atomic E-state index is 14.4. The Balaban J connectivity index is 1.47. The van der Waals surface area contributed by atoms with Crippen molar-refractivity contribution in [1.82, 2.24) is 25.1 Å². The number of aromatic nitrogens is 3. The molecule has 0 spiro atoms. The Bertz CT molecular complexity index is 1060. The summed E-state index contributed by atoms with van der Waals surface area (Å²) in [6.07, 6.45) is 1.76. The number of urea groups is 1. The van der Waals surface area contributed by atoms with E-state index in [1.165, 1.54) is 0 Å². The quantitative estimate of drug-likeness (QED) is 0.595. The first kappa shape index (κ1) is 18.7. The Morgan fingerprint density at radius 3 is 2.69 bits per heavy atom. The van der Waals surface area contributed by atoms with Crippen molar-refractivity contribution in [3.8, 4) is 0 Å². The molecule has 3 amide bonds. The number of nitrogens with two attached hydrogens (primary N) is 1. The number of amides is 3. The van der Waals surface area contributed by atoms with E-state index in [4.69, 9.17) is 5.73 Å². The monoisotopic (exact) mass is 405 g/mol. The van der Waals surface area contributed by atoms with Gasteiger partial charge in [-0.15, -0.1) is 0 Å². The van der Waals surface area contributed by atoms with Crippen LogP contribution < -0.4 is 11.1 Å². The standard InChI is InChI=1S/C17H17F2N7O3/c18-17(19)8-25(15(27)13-14(20)24-29-23-13)5-6-26(9-17)16(28)22-11-1-2-12-10(7-11)3-4-21-12/h1-4,7,21H,5-6,8-9H2,(H2,20,24)(H,22,28). The number of carbonyl (C=O) groups is 2. The number of fused-ring (bicyclic) bond motifs is 1. The highest BCUT2D eigenvalue weighted by Crippen LogP contribution is 2.24. The maximum Gasteiger partial charge on any atom is 0.322 e. The molecule has 1 saturated heterocycles. The number of hydrogen-bond acceptors (Lipinski definition) is 6. The van der Waals surface area contributed by atoms with Gasteiger partial charge in [0.25, 0.3) is 11.8 Å². The third-order valence-corrected chi connectivity index (χ3v) is 4.58. The summed E-state index contributed by atoms with van der Waals surface area (Å²) in [6, 6.07) is 6.33. The number of aromatic amines is 1. The number of benzene rings is 1. The molecule has 1 aliphatic rings. The normalized spacial score (nSPS) is 16.6. The molecule has 0 radical (unpaired) electrons. The second kappa shape index (κ2) is 7.04. The number of carbonyl (C=O) groups excluding carboxylic acids is 2. The van der Waals surface area contributed by atoms with Gasteiger partial charge in [-0.2, -0.15) is 0 Å². The van der Waals surface area contributed by atoms with Crippen molar-refractivity contribution in [2.24, 2.45) is 0 Å². The number of anilines is 2. The number of rotatable bonds is 2. The number of nitrogens with zero attached hydrogens (tertiary/aromatic N) is 4. The number of nitrogens with one attached hydrogen (secondary N) is 2. The summed E-state index contributed by atoms with van der Waals surface area (Å²) in [4.78, 5) is 29.9. The van der Waals surface area contributed by atoms with Crippen LogP contribution >= 0.6 is 0 Å². The lowest BCUT2D eigenvalue weighted by atomic mass is 10.2. The van der Waals surface area contributed by atoms with Crippen LogP contribution in [0.15, 0.2) is 35.1 Å². The number of hydrogen-bond donors (Lipinski definition) is 3. The minimum atomic E-state index is -3.32. The first-order valence-electron chi connectivity index (χ1n) is 8.71. The van der Waals surface area contributed by atoms with E-state index in [0.29, 0.717) is 5.69 Å². The molecule has 1 aliphatic heterocycles. The lowest BCUT2D eigenvalue weighted by Gasteiger charge is -2.24. The van der Waals surface area contributed by atoms with Gasteiger partial charge in [-0.3, -0.25) is 4.79 Å². The van der Waals surface area contributed by atoms with Crippen LogP contribution in [0.5, 0.6) is 0 Å². The number of H-pyrrole nitrogens is 1. The van der Waals surface area contributed by atoms with E-state index in [9.17, 15) is 18.4 Å². The van der Waals surface area contributed by atoms with Crippen molar-refractivity contribution in [1.29, 1.82) is 0 Å². The summed E-state index contributed by atoms with van der Waals surface area (Å²) in [5, 5.41) is 10.1. The van der Waals surface area contributed by atoms with Gasteiger partial charge in [0, 0.05) is 35.9 Å². The fourth-order valence-corrected chi connectivity index (χ4v) is 3.18. The van der Waals surface area contributed by atoms with Gasteiger partial charge in [0.2, 0.25) is 11.5 Å². The first-order chi connectivity index (χ1) is 13.8. The molecule has 3 aromatic rings. The van der Waals surface area contributed by atoms with Gasteiger partial charge in [0.1, 0.15) is 0 Å². The molecular weight excluding hydrogens is 388 g/mol. The Hall–Kier alpha value is -3.70. The van der Waals surface area contributed by atoms with E-state index >= 15 is 0 Å². The largest absolute Gasteiger partial charge is 0.379 e. The Kier molecular flexibility index (Phi) is 4.53. The predicted octanol–water partition coefficient (Wildman–Crippen LogP) is 1.76. The third kappa shape index (κ3) is 3.81. The fourth-order valence-electron chi connectivity index (χ4n) is 3.18. The molecule has 1 fully saturated rings. The van der Waals surface area contributed by atoms with Crippen LogP contribution in [-0.4, -0.2) is 69.1 Å². The van der Waals surface area contributed by atoms with Crippen molar-refractivity contribution < 1.29 is 23.0 Å². The van der Waals surface area contributed by atoms with Crippen LogP contribution in [0.1, 0.15) is 10.5 Å². The highest BCUT2D eigenvalue weighted by atomic mass is 19.3. The minimum Gasteiger partial charge on any atom is -0.379 e. The van der Waals surface area contributed by atoms with Crippen LogP contribution in [0.4, 0.5) is 25.1 Å². The topological polar surface area (TPSA) is 133 Å². The van der Waals surface area contributed by atoms with Gasteiger partial charge in [0.05, 0.1) is 13.1 Å². The summed E-state index contributed by atoms with van der Waals surface area (Å²) in [7, 11) is 0. The van der Waals surface area contributed by atoms with Crippen LogP contribution in [0.2, 0.25) is 0 Å². The molecule has 12 heteroatoms. The second-order valence-corrected chi connectivity index (χ2v) is 6.71. The zero-order chi connectivity index (χ0) is 20.6.